The first kappa shape index (κ1) is 27.5. The molecule has 3 aliphatic rings. The number of hydrogen-bond donors (Lipinski definition) is 0. The highest BCUT2D eigenvalue weighted by Crippen LogP contribution is 2.31. The number of hydrogen-bond acceptors (Lipinski definition) is 8. The molecule has 2 aromatic rings. The van der Waals surface area contributed by atoms with Crippen molar-refractivity contribution in [2.75, 3.05) is 44.2 Å². The first-order chi connectivity index (χ1) is 18.8. The maximum Gasteiger partial charge on any atom is 0.272 e. The van der Waals surface area contributed by atoms with Crippen LogP contribution in [0.15, 0.2) is 64.6 Å². The fourth-order valence-corrected chi connectivity index (χ4v) is 7.44. The van der Waals surface area contributed by atoms with E-state index in [0.29, 0.717) is 31.6 Å². The van der Waals surface area contributed by atoms with Gasteiger partial charge in [0.2, 0.25) is 0 Å². The van der Waals surface area contributed by atoms with Gasteiger partial charge in [-0.05, 0) is 57.4 Å². The summed E-state index contributed by atoms with van der Waals surface area (Å²) in [6, 6.07) is 16.5. The van der Waals surface area contributed by atoms with Crippen molar-refractivity contribution in [3.63, 3.8) is 0 Å². The van der Waals surface area contributed by atoms with Crippen molar-refractivity contribution in [1.29, 1.82) is 0 Å². The van der Waals surface area contributed by atoms with Gasteiger partial charge in [-0.3, -0.25) is 9.69 Å². The summed E-state index contributed by atoms with van der Waals surface area (Å²) in [7, 11) is -3.67. The standard InChI is InChI=1S/C29H38N4O5S/c1-22(2)37-27-13-7-6-12-26(27)32-18-16-31(17-19-32)21-23-20-25(30-38-23)29(34)33-15-9-8-14-28(33)39(35,36)24-10-4-3-5-11-24/h3-7,10-13,22-23,28H,8-9,14-21H2,1-2H3. The highest BCUT2D eigenvalue weighted by atomic mass is 32.2. The topological polar surface area (TPSA) is 91.8 Å². The van der Waals surface area contributed by atoms with Crippen molar-refractivity contribution < 1.29 is 22.8 Å². The average molecular weight is 555 g/mol. The monoisotopic (exact) mass is 554 g/mol. The van der Waals surface area contributed by atoms with Gasteiger partial charge in [0.05, 0.1) is 16.7 Å². The van der Waals surface area contributed by atoms with Crippen molar-refractivity contribution >= 4 is 27.1 Å². The van der Waals surface area contributed by atoms with Crippen LogP contribution >= 0.6 is 0 Å². The lowest BCUT2D eigenvalue weighted by molar-refractivity contribution is -0.126. The SMILES string of the molecule is CC(C)Oc1ccccc1N1CCN(CC2CC(C(=O)N3CCCCC3S(=O)(=O)c3ccccc3)=NO2)CC1. The molecule has 2 unspecified atom stereocenters. The van der Waals surface area contributed by atoms with Crippen LogP contribution < -0.4 is 9.64 Å². The zero-order valence-corrected chi connectivity index (χ0v) is 23.6. The summed E-state index contributed by atoms with van der Waals surface area (Å²) in [6.45, 7) is 8.60. The highest BCUT2D eigenvalue weighted by Gasteiger charge is 2.40. The number of carbonyl (C=O) groups is 1. The Morgan fingerprint density at radius 1 is 1.00 bits per heavy atom. The lowest BCUT2D eigenvalue weighted by atomic mass is 10.1. The van der Waals surface area contributed by atoms with E-state index in [0.717, 1.165) is 50.5 Å². The van der Waals surface area contributed by atoms with E-state index >= 15 is 0 Å². The summed E-state index contributed by atoms with van der Waals surface area (Å²) in [4.78, 5) is 25.5. The molecule has 10 heteroatoms. The zero-order valence-electron chi connectivity index (χ0n) is 22.7. The van der Waals surface area contributed by atoms with E-state index in [2.05, 4.69) is 21.0 Å². The van der Waals surface area contributed by atoms with Gasteiger partial charge in [0, 0.05) is 45.7 Å². The Hall–Kier alpha value is -3.11. The normalized spacial score (nSPS) is 22.5. The van der Waals surface area contributed by atoms with Crippen LogP contribution in [0.2, 0.25) is 0 Å². The number of carbonyl (C=O) groups excluding carboxylic acids is 1. The van der Waals surface area contributed by atoms with Gasteiger partial charge in [-0.15, -0.1) is 0 Å². The fraction of sp³-hybridized carbons (Fsp3) is 0.517. The zero-order chi connectivity index (χ0) is 27.4. The minimum absolute atomic E-state index is 0.113. The third-order valence-electron chi connectivity index (χ3n) is 7.52. The predicted octanol–water partition coefficient (Wildman–Crippen LogP) is 3.55. The average Bonchev–Trinajstić information content (AvgIpc) is 3.42. The first-order valence-electron chi connectivity index (χ1n) is 13.9. The number of benzene rings is 2. The van der Waals surface area contributed by atoms with Crippen LogP contribution in [0.3, 0.4) is 0 Å². The van der Waals surface area contributed by atoms with E-state index in [9.17, 15) is 13.2 Å². The van der Waals surface area contributed by atoms with Crippen LogP contribution in [-0.2, 0) is 19.5 Å². The number of piperazine rings is 1. The molecule has 39 heavy (non-hydrogen) atoms. The van der Waals surface area contributed by atoms with Crippen molar-refractivity contribution in [2.24, 2.45) is 5.16 Å². The number of para-hydroxylation sites is 2. The molecule has 0 N–H and O–H groups in total. The molecular weight excluding hydrogens is 516 g/mol. The molecule has 1 amide bonds. The quantitative estimate of drug-likeness (QED) is 0.493. The summed E-state index contributed by atoms with van der Waals surface area (Å²) < 4.78 is 32.7. The van der Waals surface area contributed by atoms with Gasteiger partial charge >= 0.3 is 0 Å². The molecule has 0 radical (unpaired) electrons. The van der Waals surface area contributed by atoms with Crippen LogP contribution in [0.4, 0.5) is 5.69 Å². The fourth-order valence-electron chi connectivity index (χ4n) is 5.57. The lowest BCUT2D eigenvalue weighted by Crippen LogP contribution is -2.50. The highest BCUT2D eigenvalue weighted by molar-refractivity contribution is 7.92. The summed E-state index contributed by atoms with van der Waals surface area (Å²) in [5, 5.41) is 3.25. The van der Waals surface area contributed by atoms with Crippen LogP contribution in [0.25, 0.3) is 0 Å². The molecule has 0 saturated carbocycles. The van der Waals surface area contributed by atoms with Gasteiger partial charge in [-0.25, -0.2) is 8.42 Å². The Morgan fingerprint density at radius 2 is 1.72 bits per heavy atom. The number of amides is 1. The predicted molar refractivity (Wildman–Crippen MR) is 151 cm³/mol. The van der Waals surface area contributed by atoms with Crippen molar-refractivity contribution in [2.45, 2.75) is 62.0 Å². The summed E-state index contributed by atoms with van der Waals surface area (Å²) in [5.41, 5.74) is 1.43. The molecule has 2 saturated heterocycles. The maximum absolute atomic E-state index is 13.5. The molecule has 5 rings (SSSR count). The van der Waals surface area contributed by atoms with Crippen LogP contribution in [-0.4, -0.2) is 86.7 Å². The number of nitrogens with zero attached hydrogens (tertiary/aromatic N) is 4. The molecule has 0 aliphatic carbocycles. The number of likely N-dealkylation sites (tertiary alicyclic amines) is 1. The number of ether oxygens (including phenoxy) is 1. The van der Waals surface area contributed by atoms with Crippen molar-refractivity contribution in [1.82, 2.24) is 9.80 Å². The van der Waals surface area contributed by atoms with Gasteiger partial charge < -0.3 is 19.4 Å². The second kappa shape index (κ2) is 12.0. The van der Waals surface area contributed by atoms with Crippen molar-refractivity contribution in [3.8, 4) is 5.75 Å². The molecule has 0 bridgehead atoms. The van der Waals surface area contributed by atoms with Gasteiger partial charge in [-0.2, -0.15) is 0 Å². The Bertz CT molecular complexity index is 1280. The Labute approximate surface area is 231 Å². The largest absolute Gasteiger partial charge is 0.489 e. The molecule has 2 aromatic carbocycles. The molecular formula is C29H38N4O5S. The molecule has 9 nitrogen and oxygen atoms in total. The molecule has 0 aromatic heterocycles. The number of oxime groups is 1. The Balaban J connectivity index is 1.16. The van der Waals surface area contributed by atoms with Gasteiger partial charge in [0.25, 0.3) is 5.91 Å². The molecule has 0 spiro atoms. The molecule has 3 aliphatic heterocycles. The van der Waals surface area contributed by atoms with E-state index in [4.69, 9.17) is 9.57 Å². The molecule has 3 heterocycles. The Kier molecular flexibility index (Phi) is 8.42. The second-order valence-corrected chi connectivity index (χ2v) is 12.8. The summed E-state index contributed by atoms with van der Waals surface area (Å²) in [5.74, 6) is 0.579. The first-order valence-corrected chi connectivity index (χ1v) is 15.4. The second-order valence-electron chi connectivity index (χ2n) is 10.7. The van der Waals surface area contributed by atoms with Crippen molar-refractivity contribution in [3.05, 3.63) is 54.6 Å². The van der Waals surface area contributed by atoms with E-state index in [-0.39, 0.29) is 23.0 Å². The third kappa shape index (κ3) is 6.22. The third-order valence-corrected chi connectivity index (χ3v) is 9.66. The van der Waals surface area contributed by atoms with Gasteiger partial charge in [0.1, 0.15) is 22.9 Å². The summed E-state index contributed by atoms with van der Waals surface area (Å²) >= 11 is 0. The van der Waals surface area contributed by atoms with E-state index in [1.54, 1.807) is 30.3 Å². The number of piperidine rings is 1. The number of rotatable bonds is 8. The minimum Gasteiger partial charge on any atom is -0.489 e. The van der Waals surface area contributed by atoms with Crippen LogP contribution in [0.1, 0.15) is 39.5 Å². The maximum atomic E-state index is 13.5. The molecule has 2 fully saturated rings. The molecule has 2 atom stereocenters. The number of sulfone groups is 1. The summed E-state index contributed by atoms with van der Waals surface area (Å²) in [6.07, 6.45) is 2.25. The van der Waals surface area contributed by atoms with E-state index < -0.39 is 15.2 Å². The molecule has 210 valence electrons. The van der Waals surface area contributed by atoms with E-state index in [1.807, 2.05) is 32.0 Å². The Morgan fingerprint density at radius 3 is 2.46 bits per heavy atom. The lowest BCUT2D eigenvalue weighted by Gasteiger charge is -2.37. The van der Waals surface area contributed by atoms with Crippen LogP contribution in [0, 0.1) is 0 Å². The van der Waals surface area contributed by atoms with Crippen LogP contribution in [0.5, 0.6) is 5.75 Å². The van der Waals surface area contributed by atoms with E-state index in [1.165, 1.54) is 4.90 Å². The minimum atomic E-state index is -3.67. The number of anilines is 1. The van der Waals surface area contributed by atoms with Gasteiger partial charge in [0.15, 0.2) is 9.84 Å². The smallest absolute Gasteiger partial charge is 0.272 e. The van der Waals surface area contributed by atoms with Gasteiger partial charge in [-0.1, -0.05) is 35.5 Å².